The Labute approximate surface area is 177 Å². The summed E-state index contributed by atoms with van der Waals surface area (Å²) in [7, 11) is 0. The minimum atomic E-state index is -4.37. The lowest BCUT2D eigenvalue weighted by molar-refractivity contribution is -0.138. The van der Waals surface area contributed by atoms with Crippen LogP contribution in [0.1, 0.15) is 41.1 Å². The van der Waals surface area contributed by atoms with Crippen LogP contribution < -0.4 is 0 Å². The Morgan fingerprint density at radius 3 is 2.50 bits per heavy atom. The van der Waals surface area contributed by atoms with Crippen molar-refractivity contribution in [3.05, 3.63) is 51.5 Å². The van der Waals surface area contributed by atoms with Gasteiger partial charge in [0, 0.05) is 38.1 Å². The highest BCUT2D eigenvalue weighted by Crippen LogP contribution is 2.36. The van der Waals surface area contributed by atoms with Gasteiger partial charge in [-0.1, -0.05) is 18.2 Å². The number of aliphatic hydroxyl groups is 2. The van der Waals surface area contributed by atoms with E-state index in [9.17, 15) is 23.4 Å². The molecular formula is C21H26F3N3O2S. The van der Waals surface area contributed by atoms with Gasteiger partial charge >= 0.3 is 6.18 Å². The van der Waals surface area contributed by atoms with Crippen LogP contribution in [0.4, 0.5) is 13.2 Å². The van der Waals surface area contributed by atoms with E-state index in [0.29, 0.717) is 44.7 Å². The molecule has 2 saturated heterocycles. The molecule has 1 aromatic heterocycles. The lowest BCUT2D eigenvalue weighted by atomic mass is 9.88. The van der Waals surface area contributed by atoms with Crippen molar-refractivity contribution in [1.82, 2.24) is 14.8 Å². The number of nitrogens with zero attached hydrogens (tertiary/aromatic N) is 3. The third kappa shape index (κ3) is 4.86. The van der Waals surface area contributed by atoms with Gasteiger partial charge in [0.15, 0.2) is 0 Å². The second-order valence-corrected chi connectivity index (χ2v) is 9.21. The number of aliphatic hydroxyl groups excluding tert-OH is 1. The van der Waals surface area contributed by atoms with Gasteiger partial charge in [-0.25, -0.2) is 4.98 Å². The van der Waals surface area contributed by atoms with Gasteiger partial charge in [-0.2, -0.15) is 13.2 Å². The molecule has 0 radical (unpaired) electrons. The van der Waals surface area contributed by atoms with E-state index < -0.39 is 17.3 Å². The largest absolute Gasteiger partial charge is 0.416 e. The van der Waals surface area contributed by atoms with Gasteiger partial charge < -0.3 is 10.2 Å². The predicted octanol–water partition coefficient (Wildman–Crippen LogP) is 3.21. The SMILES string of the molecule is O[C@@H]1CCN(Cc2nc(C3(O)CCN(Cc4ccccc4C(F)(F)F)CC3)cs2)C1. The summed E-state index contributed by atoms with van der Waals surface area (Å²) in [6.07, 6.45) is -3.00. The molecule has 2 aliphatic rings. The zero-order valence-corrected chi connectivity index (χ0v) is 17.4. The van der Waals surface area contributed by atoms with Crippen LogP contribution >= 0.6 is 11.3 Å². The van der Waals surface area contributed by atoms with Crippen LogP contribution in [0.25, 0.3) is 0 Å². The van der Waals surface area contributed by atoms with Crippen LogP contribution in [-0.2, 0) is 24.9 Å². The molecule has 1 aromatic carbocycles. The number of likely N-dealkylation sites (tertiary alicyclic amines) is 2. The van der Waals surface area contributed by atoms with E-state index in [1.54, 1.807) is 6.07 Å². The normalized spacial score (nSPS) is 23.2. The van der Waals surface area contributed by atoms with Crippen molar-refractivity contribution in [2.75, 3.05) is 26.2 Å². The predicted molar refractivity (Wildman–Crippen MR) is 108 cm³/mol. The number of thiazole rings is 1. The topological polar surface area (TPSA) is 59.8 Å². The Balaban J connectivity index is 1.36. The van der Waals surface area contributed by atoms with Crippen molar-refractivity contribution < 1.29 is 23.4 Å². The quantitative estimate of drug-likeness (QED) is 0.746. The fourth-order valence-corrected chi connectivity index (χ4v) is 5.19. The Kier molecular flexibility index (Phi) is 6.18. The number of β-amino-alcohol motifs (C(OH)–C–C–N with tert-alkyl or cyclic N) is 1. The molecule has 9 heteroatoms. The summed E-state index contributed by atoms with van der Waals surface area (Å²) in [6.45, 7) is 3.38. The Morgan fingerprint density at radius 2 is 1.83 bits per heavy atom. The monoisotopic (exact) mass is 441 g/mol. The van der Waals surface area contributed by atoms with Crippen LogP contribution in [0.15, 0.2) is 29.6 Å². The molecule has 164 valence electrons. The molecule has 2 aromatic rings. The third-order valence-electron chi connectivity index (χ3n) is 6.03. The van der Waals surface area contributed by atoms with Crippen molar-refractivity contribution in [2.45, 2.75) is 50.2 Å². The molecule has 2 fully saturated rings. The average molecular weight is 442 g/mol. The minimum Gasteiger partial charge on any atom is -0.392 e. The van der Waals surface area contributed by atoms with Gasteiger partial charge in [0.05, 0.1) is 23.9 Å². The number of halogens is 3. The summed E-state index contributed by atoms with van der Waals surface area (Å²) in [6, 6.07) is 5.67. The van der Waals surface area contributed by atoms with Crippen LogP contribution in [0, 0.1) is 0 Å². The lowest BCUT2D eigenvalue weighted by Gasteiger charge is -2.37. The summed E-state index contributed by atoms with van der Waals surface area (Å²) in [5.41, 5.74) is -0.724. The molecule has 0 bridgehead atoms. The van der Waals surface area contributed by atoms with Crippen LogP contribution in [0.5, 0.6) is 0 Å². The van der Waals surface area contributed by atoms with E-state index in [0.717, 1.165) is 24.0 Å². The van der Waals surface area contributed by atoms with Crippen molar-refractivity contribution in [3.8, 4) is 0 Å². The van der Waals surface area contributed by atoms with Crippen molar-refractivity contribution >= 4 is 11.3 Å². The maximum atomic E-state index is 13.2. The van der Waals surface area contributed by atoms with Crippen LogP contribution in [0.3, 0.4) is 0 Å². The molecule has 4 rings (SSSR count). The number of aromatic nitrogens is 1. The number of hydrogen-bond donors (Lipinski definition) is 2. The molecule has 5 nitrogen and oxygen atoms in total. The fraction of sp³-hybridized carbons (Fsp3) is 0.571. The number of hydrogen-bond acceptors (Lipinski definition) is 6. The smallest absolute Gasteiger partial charge is 0.392 e. The summed E-state index contributed by atoms with van der Waals surface area (Å²) in [4.78, 5) is 8.73. The number of alkyl halides is 3. The molecule has 2 N–H and O–H groups in total. The van der Waals surface area contributed by atoms with E-state index in [1.165, 1.54) is 23.5 Å². The first kappa shape index (κ1) is 21.7. The molecule has 0 aliphatic carbocycles. The molecular weight excluding hydrogens is 415 g/mol. The second kappa shape index (κ2) is 8.55. The number of rotatable bonds is 5. The molecule has 2 aliphatic heterocycles. The van der Waals surface area contributed by atoms with E-state index in [1.807, 2.05) is 10.3 Å². The Morgan fingerprint density at radius 1 is 1.10 bits per heavy atom. The fourth-order valence-electron chi connectivity index (χ4n) is 4.26. The highest BCUT2D eigenvalue weighted by atomic mass is 32.1. The van der Waals surface area contributed by atoms with Gasteiger partial charge in [-0.15, -0.1) is 11.3 Å². The van der Waals surface area contributed by atoms with Crippen molar-refractivity contribution in [1.29, 1.82) is 0 Å². The summed E-state index contributed by atoms with van der Waals surface area (Å²) in [5.74, 6) is 0. The van der Waals surface area contributed by atoms with Crippen molar-refractivity contribution in [2.24, 2.45) is 0 Å². The van der Waals surface area contributed by atoms with E-state index in [-0.39, 0.29) is 18.2 Å². The van der Waals surface area contributed by atoms with E-state index in [4.69, 9.17) is 0 Å². The number of benzene rings is 1. The summed E-state index contributed by atoms with van der Waals surface area (Å²) in [5, 5.41) is 23.6. The first-order valence-corrected chi connectivity index (χ1v) is 11.1. The van der Waals surface area contributed by atoms with Gasteiger partial charge in [0.1, 0.15) is 10.6 Å². The lowest BCUT2D eigenvalue weighted by Crippen LogP contribution is -2.42. The first-order chi connectivity index (χ1) is 14.2. The molecule has 0 amide bonds. The van der Waals surface area contributed by atoms with Gasteiger partial charge in [-0.3, -0.25) is 9.80 Å². The number of piperidine rings is 1. The molecule has 0 spiro atoms. The summed E-state index contributed by atoms with van der Waals surface area (Å²) < 4.78 is 39.7. The Bertz CT molecular complexity index is 865. The van der Waals surface area contributed by atoms with E-state index in [2.05, 4.69) is 9.88 Å². The van der Waals surface area contributed by atoms with Gasteiger partial charge in [0.25, 0.3) is 0 Å². The van der Waals surface area contributed by atoms with Crippen LogP contribution in [0.2, 0.25) is 0 Å². The average Bonchev–Trinajstić information content (AvgIpc) is 3.33. The van der Waals surface area contributed by atoms with E-state index >= 15 is 0 Å². The molecule has 30 heavy (non-hydrogen) atoms. The maximum absolute atomic E-state index is 13.2. The molecule has 1 atom stereocenters. The molecule has 0 unspecified atom stereocenters. The third-order valence-corrected chi connectivity index (χ3v) is 6.87. The molecule has 3 heterocycles. The highest BCUT2D eigenvalue weighted by molar-refractivity contribution is 7.09. The molecule has 0 saturated carbocycles. The van der Waals surface area contributed by atoms with Crippen molar-refractivity contribution in [3.63, 3.8) is 0 Å². The standard InChI is InChI=1S/C21H26F3N3O2S/c22-21(23,24)17-4-2-1-3-15(17)11-26-9-6-20(29,7-10-26)18-14-30-19(25-18)13-27-8-5-16(28)12-27/h1-4,14,16,28-29H,5-13H2/t16-/m1/s1. The maximum Gasteiger partial charge on any atom is 0.416 e. The zero-order chi connectivity index (χ0) is 21.4. The van der Waals surface area contributed by atoms with Gasteiger partial charge in [-0.05, 0) is 30.9 Å². The minimum absolute atomic E-state index is 0.214. The summed E-state index contributed by atoms with van der Waals surface area (Å²) >= 11 is 1.50. The second-order valence-electron chi connectivity index (χ2n) is 8.27. The Hall–Kier alpha value is -1.52. The van der Waals surface area contributed by atoms with Crippen LogP contribution in [-0.4, -0.2) is 57.3 Å². The zero-order valence-electron chi connectivity index (χ0n) is 16.6. The van der Waals surface area contributed by atoms with Gasteiger partial charge in [0.2, 0.25) is 0 Å². The highest BCUT2D eigenvalue weighted by Gasteiger charge is 2.38. The first-order valence-electron chi connectivity index (χ1n) is 10.2.